The van der Waals surface area contributed by atoms with E-state index in [-0.39, 0.29) is 12.6 Å². The number of hydrogen-bond donors (Lipinski definition) is 0. The lowest BCUT2D eigenvalue weighted by Crippen LogP contribution is -2.29. The molecule has 1 heterocycles. The summed E-state index contributed by atoms with van der Waals surface area (Å²) in [6, 6.07) is 0. The van der Waals surface area contributed by atoms with Crippen LogP contribution >= 0.6 is 0 Å². The minimum atomic E-state index is -0.298. The van der Waals surface area contributed by atoms with Gasteiger partial charge >= 0.3 is 5.97 Å². The molecule has 0 amide bonds. The van der Waals surface area contributed by atoms with E-state index in [9.17, 15) is 4.79 Å². The van der Waals surface area contributed by atoms with Gasteiger partial charge in [-0.2, -0.15) is 0 Å². The molecular weight excluding hydrogens is 190 g/mol. The third kappa shape index (κ3) is 3.89. The van der Waals surface area contributed by atoms with E-state index in [2.05, 4.69) is 22.7 Å². The zero-order chi connectivity index (χ0) is 11.1. The van der Waals surface area contributed by atoms with Gasteiger partial charge in [-0.1, -0.05) is 6.08 Å². The molecule has 0 aliphatic carbocycles. The number of likely N-dealkylation sites (N-methyl/N-ethyl adjacent to an activating group) is 1. The molecule has 0 aromatic heterocycles. The van der Waals surface area contributed by atoms with Gasteiger partial charge in [0, 0.05) is 18.7 Å². The summed E-state index contributed by atoms with van der Waals surface area (Å²) in [5, 5.41) is 0. The van der Waals surface area contributed by atoms with Crippen molar-refractivity contribution in [1.82, 2.24) is 4.90 Å². The molecule has 15 heavy (non-hydrogen) atoms. The molecule has 3 nitrogen and oxygen atoms in total. The predicted octanol–water partition coefficient (Wildman–Crippen LogP) is 0.428. The lowest BCUT2D eigenvalue weighted by molar-refractivity contribution is -0.138. The van der Waals surface area contributed by atoms with Gasteiger partial charge in [-0.15, -0.1) is 6.42 Å². The van der Waals surface area contributed by atoms with Crippen LogP contribution in [0.3, 0.4) is 0 Å². The summed E-state index contributed by atoms with van der Waals surface area (Å²) in [4.78, 5) is 13.5. The maximum Gasteiger partial charge on any atom is 0.335 e. The Kier molecular flexibility index (Phi) is 4.47. The van der Waals surface area contributed by atoms with E-state index in [1.807, 2.05) is 13.1 Å². The quantitative estimate of drug-likeness (QED) is 0.481. The molecule has 0 fully saturated rings. The number of hydrogen-bond acceptors (Lipinski definition) is 3. The molecule has 0 radical (unpaired) electrons. The summed E-state index contributed by atoms with van der Waals surface area (Å²) in [6.45, 7) is 1.68. The fraction of sp³-hybridized carbons (Fsp3) is 0.417. The average Bonchev–Trinajstić information content (AvgIpc) is 2.24. The molecule has 0 spiro atoms. The fourth-order valence-corrected chi connectivity index (χ4v) is 1.32. The lowest BCUT2D eigenvalue weighted by Gasteiger charge is -2.21. The van der Waals surface area contributed by atoms with Crippen molar-refractivity contribution in [3.63, 3.8) is 0 Å². The van der Waals surface area contributed by atoms with Crippen LogP contribution in [0.25, 0.3) is 0 Å². The van der Waals surface area contributed by atoms with Crippen molar-refractivity contribution < 1.29 is 9.53 Å². The first-order valence-electron chi connectivity index (χ1n) is 4.72. The van der Waals surface area contributed by atoms with Crippen LogP contribution < -0.4 is 0 Å². The molecule has 0 unspecified atom stereocenters. The summed E-state index contributed by atoms with van der Waals surface area (Å²) in [6.07, 6.45) is 7.72. The second-order valence-corrected chi connectivity index (χ2v) is 3.28. The molecule has 0 bridgehead atoms. The van der Waals surface area contributed by atoms with E-state index in [1.165, 1.54) is 0 Å². The van der Waals surface area contributed by atoms with E-state index >= 15 is 0 Å². The first-order valence-corrected chi connectivity index (χ1v) is 4.72. The van der Waals surface area contributed by atoms with Crippen molar-refractivity contribution in [3.8, 4) is 24.2 Å². The molecule has 0 atom stereocenters. The lowest BCUT2D eigenvalue weighted by atomic mass is 10.1. The molecule has 1 aliphatic heterocycles. The first-order chi connectivity index (χ1) is 7.24. The van der Waals surface area contributed by atoms with Crippen molar-refractivity contribution in [2.45, 2.75) is 6.42 Å². The van der Waals surface area contributed by atoms with Crippen molar-refractivity contribution in [2.75, 3.05) is 26.7 Å². The second kappa shape index (κ2) is 5.90. The molecule has 0 saturated carbocycles. The average molecular weight is 203 g/mol. The third-order valence-electron chi connectivity index (χ3n) is 2.04. The number of esters is 1. The van der Waals surface area contributed by atoms with Crippen LogP contribution in [0.4, 0.5) is 0 Å². The Morgan fingerprint density at radius 1 is 1.73 bits per heavy atom. The van der Waals surface area contributed by atoms with E-state index in [0.29, 0.717) is 12.1 Å². The summed E-state index contributed by atoms with van der Waals surface area (Å²) in [5.41, 5.74) is 0.700. The summed E-state index contributed by atoms with van der Waals surface area (Å²) in [7, 11) is 1.97. The Bertz CT molecular complexity index is 365. The van der Waals surface area contributed by atoms with E-state index in [1.54, 1.807) is 0 Å². The highest BCUT2D eigenvalue weighted by Gasteiger charge is 2.15. The zero-order valence-corrected chi connectivity index (χ0v) is 8.75. The summed E-state index contributed by atoms with van der Waals surface area (Å²) >= 11 is 0. The van der Waals surface area contributed by atoms with Gasteiger partial charge in [0.2, 0.25) is 0 Å². The Labute approximate surface area is 90.1 Å². The summed E-state index contributed by atoms with van der Waals surface area (Å²) < 4.78 is 4.93. The molecule has 1 aliphatic rings. The molecule has 78 valence electrons. The largest absolute Gasteiger partial charge is 0.449 e. The molecule has 0 aromatic rings. The van der Waals surface area contributed by atoms with Gasteiger partial charge in [-0.05, 0) is 31.2 Å². The molecule has 0 N–H and O–H groups in total. The Morgan fingerprint density at radius 3 is 3.20 bits per heavy atom. The van der Waals surface area contributed by atoms with E-state index in [0.717, 1.165) is 13.0 Å². The number of carbonyl (C=O) groups is 1. The minimum absolute atomic E-state index is 0.0596. The summed E-state index contributed by atoms with van der Waals surface area (Å²) in [5.74, 6) is 6.79. The van der Waals surface area contributed by atoms with Gasteiger partial charge in [-0.3, -0.25) is 0 Å². The molecule has 0 aromatic carbocycles. The minimum Gasteiger partial charge on any atom is -0.449 e. The van der Waals surface area contributed by atoms with Crippen molar-refractivity contribution in [3.05, 3.63) is 11.6 Å². The number of terminal acetylenes is 1. The Morgan fingerprint density at radius 2 is 2.53 bits per heavy atom. The third-order valence-corrected chi connectivity index (χ3v) is 2.04. The topological polar surface area (TPSA) is 29.5 Å². The highest BCUT2D eigenvalue weighted by molar-refractivity contribution is 5.89. The van der Waals surface area contributed by atoms with E-state index < -0.39 is 0 Å². The monoisotopic (exact) mass is 203 g/mol. The van der Waals surface area contributed by atoms with Gasteiger partial charge in [-0.25, -0.2) is 4.79 Å². The van der Waals surface area contributed by atoms with Crippen LogP contribution in [0.2, 0.25) is 0 Å². The van der Waals surface area contributed by atoms with Crippen LogP contribution in [0, 0.1) is 24.2 Å². The van der Waals surface area contributed by atoms with Gasteiger partial charge in [0.1, 0.15) is 0 Å². The Hall–Kier alpha value is -1.71. The van der Waals surface area contributed by atoms with Crippen LogP contribution in [-0.4, -0.2) is 37.6 Å². The number of carbonyl (C=O) groups excluding carboxylic acids is 1. The van der Waals surface area contributed by atoms with Gasteiger partial charge in [0.25, 0.3) is 0 Å². The molecular formula is C12H13NO2. The fourth-order valence-electron chi connectivity index (χ4n) is 1.32. The Balaban J connectivity index is 2.41. The van der Waals surface area contributed by atoms with Crippen molar-refractivity contribution >= 4 is 5.97 Å². The molecule has 1 rings (SSSR count). The zero-order valence-electron chi connectivity index (χ0n) is 8.75. The van der Waals surface area contributed by atoms with Crippen molar-refractivity contribution in [1.29, 1.82) is 0 Å². The van der Waals surface area contributed by atoms with E-state index in [4.69, 9.17) is 11.2 Å². The predicted molar refractivity (Wildman–Crippen MR) is 57.8 cm³/mol. The van der Waals surface area contributed by atoms with Crippen LogP contribution in [-0.2, 0) is 9.53 Å². The van der Waals surface area contributed by atoms with Gasteiger partial charge in [0.05, 0.1) is 0 Å². The van der Waals surface area contributed by atoms with Gasteiger partial charge in [0.15, 0.2) is 6.61 Å². The smallest absolute Gasteiger partial charge is 0.335 e. The molecule has 0 saturated heterocycles. The highest BCUT2D eigenvalue weighted by Crippen LogP contribution is 2.08. The normalized spacial score (nSPS) is 15.6. The maximum absolute atomic E-state index is 11.5. The molecule has 3 heteroatoms. The number of rotatable bonds is 2. The van der Waals surface area contributed by atoms with Gasteiger partial charge < -0.3 is 9.64 Å². The van der Waals surface area contributed by atoms with Crippen LogP contribution in [0.15, 0.2) is 11.6 Å². The number of nitrogens with zero attached hydrogens (tertiary/aromatic N) is 1. The van der Waals surface area contributed by atoms with Crippen molar-refractivity contribution in [2.24, 2.45) is 0 Å². The van der Waals surface area contributed by atoms with Crippen LogP contribution in [0.5, 0.6) is 0 Å². The van der Waals surface area contributed by atoms with Crippen LogP contribution in [0.1, 0.15) is 6.42 Å². The second-order valence-electron chi connectivity index (χ2n) is 3.28. The SMILES string of the molecule is C#CC#CCOC(=O)C1=CCCN(C)C1. The highest BCUT2D eigenvalue weighted by atomic mass is 16.5. The standard InChI is InChI=1S/C12H13NO2/c1-3-4-5-9-15-12(14)11-7-6-8-13(2)10-11/h1,7H,6,8-10H2,2H3. The number of ether oxygens (including phenoxy) is 1. The first kappa shape index (κ1) is 11.4. The maximum atomic E-state index is 11.5.